The minimum absolute atomic E-state index is 0.210. The van der Waals surface area contributed by atoms with Gasteiger partial charge in [-0.3, -0.25) is 15.2 Å². The van der Waals surface area contributed by atoms with E-state index in [4.69, 9.17) is 17.4 Å². The van der Waals surface area contributed by atoms with Crippen molar-refractivity contribution in [1.29, 1.82) is 0 Å². The molecule has 2 aromatic heterocycles. The molecule has 0 aliphatic rings. The third-order valence-electron chi connectivity index (χ3n) is 2.63. The standard InChI is InChI=1S/C10H15ClN6/c1-3-17-10(8(11)5-14-17)9(15-12)7-4-13-16(2)6-7/h4-6,9,15H,3,12H2,1-2H3. The average Bonchev–Trinajstić information content (AvgIpc) is 2.89. The van der Waals surface area contributed by atoms with Gasteiger partial charge in [0.25, 0.3) is 0 Å². The molecule has 1 atom stereocenters. The first kappa shape index (κ1) is 12.1. The van der Waals surface area contributed by atoms with Crippen LogP contribution in [0.1, 0.15) is 24.2 Å². The maximum Gasteiger partial charge on any atom is 0.0923 e. The molecule has 3 N–H and O–H groups in total. The second-order valence-corrected chi connectivity index (χ2v) is 4.15. The molecular weight excluding hydrogens is 240 g/mol. The monoisotopic (exact) mass is 254 g/mol. The summed E-state index contributed by atoms with van der Waals surface area (Å²) in [6.45, 7) is 2.74. The van der Waals surface area contributed by atoms with E-state index in [1.54, 1.807) is 17.1 Å². The SMILES string of the molecule is CCn1ncc(Cl)c1C(NN)c1cnn(C)c1. The Labute approximate surface area is 104 Å². The van der Waals surface area contributed by atoms with E-state index < -0.39 is 0 Å². The zero-order valence-electron chi connectivity index (χ0n) is 9.76. The van der Waals surface area contributed by atoms with Crippen molar-refractivity contribution in [2.45, 2.75) is 19.5 Å². The number of rotatable bonds is 4. The molecule has 0 radical (unpaired) electrons. The van der Waals surface area contributed by atoms with Gasteiger partial charge in [-0.05, 0) is 6.92 Å². The van der Waals surface area contributed by atoms with Crippen molar-refractivity contribution in [2.75, 3.05) is 0 Å². The summed E-state index contributed by atoms with van der Waals surface area (Å²) < 4.78 is 3.54. The number of halogens is 1. The van der Waals surface area contributed by atoms with Gasteiger partial charge < -0.3 is 0 Å². The summed E-state index contributed by atoms with van der Waals surface area (Å²) in [7, 11) is 1.86. The third-order valence-corrected chi connectivity index (χ3v) is 2.92. The van der Waals surface area contributed by atoms with Crippen LogP contribution in [0.3, 0.4) is 0 Å². The highest BCUT2D eigenvalue weighted by Gasteiger charge is 2.21. The maximum absolute atomic E-state index is 6.15. The Kier molecular flexibility index (Phi) is 3.46. The van der Waals surface area contributed by atoms with Crippen LogP contribution in [0.15, 0.2) is 18.6 Å². The molecule has 0 aliphatic heterocycles. The first-order chi connectivity index (χ1) is 8.17. The Morgan fingerprint density at radius 3 is 2.76 bits per heavy atom. The van der Waals surface area contributed by atoms with Crippen molar-refractivity contribution in [2.24, 2.45) is 12.9 Å². The van der Waals surface area contributed by atoms with E-state index in [-0.39, 0.29) is 6.04 Å². The molecule has 0 saturated heterocycles. The molecule has 1 unspecified atom stereocenters. The number of nitrogens with two attached hydrogens (primary N) is 1. The van der Waals surface area contributed by atoms with Crippen LogP contribution in [0, 0.1) is 0 Å². The van der Waals surface area contributed by atoms with Crippen LogP contribution in [-0.2, 0) is 13.6 Å². The number of nitrogens with one attached hydrogen (secondary N) is 1. The van der Waals surface area contributed by atoms with Crippen LogP contribution in [0.5, 0.6) is 0 Å². The van der Waals surface area contributed by atoms with Crippen LogP contribution in [0.4, 0.5) is 0 Å². The highest BCUT2D eigenvalue weighted by atomic mass is 35.5. The Bertz CT molecular complexity index is 503. The summed E-state index contributed by atoms with van der Waals surface area (Å²) in [6, 6.07) is -0.210. The summed E-state index contributed by atoms with van der Waals surface area (Å²) >= 11 is 6.15. The fraction of sp³-hybridized carbons (Fsp3) is 0.400. The minimum Gasteiger partial charge on any atom is -0.275 e. The quantitative estimate of drug-likeness (QED) is 0.627. The molecule has 2 heterocycles. The molecule has 0 aromatic carbocycles. The summed E-state index contributed by atoms with van der Waals surface area (Å²) in [5.41, 5.74) is 4.55. The van der Waals surface area contributed by atoms with Gasteiger partial charge in [-0.25, -0.2) is 5.43 Å². The van der Waals surface area contributed by atoms with Crippen molar-refractivity contribution in [3.05, 3.63) is 34.9 Å². The van der Waals surface area contributed by atoms with E-state index in [0.29, 0.717) is 5.02 Å². The van der Waals surface area contributed by atoms with Crippen molar-refractivity contribution < 1.29 is 0 Å². The van der Waals surface area contributed by atoms with Gasteiger partial charge in [0, 0.05) is 25.4 Å². The zero-order chi connectivity index (χ0) is 12.4. The summed E-state index contributed by atoms with van der Waals surface area (Å²) in [4.78, 5) is 0. The maximum atomic E-state index is 6.15. The molecule has 92 valence electrons. The zero-order valence-corrected chi connectivity index (χ0v) is 10.5. The Balaban J connectivity index is 2.44. The van der Waals surface area contributed by atoms with E-state index in [1.165, 1.54) is 0 Å². The van der Waals surface area contributed by atoms with Gasteiger partial charge in [-0.1, -0.05) is 11.6 Å². The Morgan fingerprint density at radius 1 is 1.47 bits per heavy atom. The van der Waals surface area contributed by atoms with Crippen molar-refractivity contribution in [1.82, 2.24) is 25.0 Å². The van der Waals surface area contributed by atoms with Crippen LogP contribution in [0.25, 0.3) is 0 Å². The minimum atomic E-state index is -0.210. The molecule has 6 nitrogen and oxygen atoms in total. The average molecular weight is 255 g/mol. The molecule has 7 heteroatoms. The predicted molar refractivity (Wildman–Crippen MR) is 65.3 cm³/mol. The lowest BCUT2D eigenvalue weighted by Crippen LogP contribution is -2.30. The number of hydrogen-bond acceptors (Lipinski definition) is 4. The number of aromatic nitrogens is 4. The molecule has 0 aliphatic carbocycles. The van der Waals surface area contributed by atoms with Gasteiger partial charge in [-0.15, -0.1) is 0 Å². The number of hydrazine groups is 1. The number of aryl methyl sites for hydroxylation is 2. The van der Waals surface area contributed by atoms with Crippen molar-refractivity contribution >= 4 is 11.6 Å². The molecular formula is C10H15ClN6. The molecule has 0 bridgehead atoms. The second-order valence-electron chi connectivity index (χ2n) is 3.74. The van der Waals surface area contributed by atoms with Crippen LogP contribution < -0.4 is 11.3 Å². The fourth-order valence-corrected chi connectivity index (χ4v) is 2.08. The smallest absolute Gasteiger partial charge is 0.0923 e. The van der Waals surface area contributed by atoms with Gasteiger partial charge in [-0.2, -0.15) is 10.2 Å². The summed E-state index contributed by atoms with van der Waals surface area (Å²) in [5.74, 6) is 5.61. The molecule has 2 rings (SSSR count). The van der Waals surface area contributed by atoms with Gasteiger partial charge >= 0.3 is 0 Å². The molecule has 0 saturated carbocycles. The largest absolute Gasteiger partial charge is 0.275 e. The van der Waals surface area contributed by atoms with E-state index in [9.17, 15) is 0 Å². The molecule has 0 spiro atoms. The van der Waals surface area contributed by atoms with Crippen LogP contribution in [-0.4, -0.2) is 19.6 Å². The normalized spacial score (nSPS) is 12.9. The van der Waals surface area contributed by atoms with Gasteiger partial charge in [0.2, 0.25) is 0 Å². The van der Waals surface area contributed by atoms with E-state index >= 15 is 0 Å². The van der Waals surface area contributed by atoms with Crippen molar-refractivity contribution in [3.63, 3.8) is 0 Å². The summed E-state index contributed by atoms with van der Waals surface area (Å²) in [5, 5.41) is 8.92. The number of hydrogen-bond donors (Lipinski definition) is 2. The lowest BCUT2D eigenvalue weighted by Gasteiger charge is -2.16. The summed E-state index contributed by atoms with van der Waals surface area (Å²) in [6.07, 6.45) is 5.28. The topological polar surface area (TPSA) is 73.7 Å². The van der Waals surface area contributed by atoms with Crippen molar-refractivity contribution in [3.8, 4) is 0 Å². The van der Waals surface area contributed by atoms with Crippen LogP contribution in [0.2, 0.25) is 5.02 Å². The first-order valence-corrected chi connectivity index (χ1v) is 5.71. The van der Waals surface area contributed by atoms with Gasteiger partial charge in [0.1, 0.15) is 0 Å². The Hall–Kier alpha value is -1.37. The number of nitrogens with zero attached hydrogens (tertiary/aromatic N) is 4. The molecule has 2 aromatic rings. The van der Waals surface area contributed by atoms with E-state index in [2.05, 4.69) is 15.6 Å². The van der Waals surface area contributed by atoms with Gasteiger partial charge in [0.05, 0.1) is 29.2 Å². The molecule has 17 heavy (non-hydrogen) atoms. The van der Waals surface area contributed by atoms with Gasteiger partial charge in [0.15, 0.2) is 0 Å². The lowest BCUT2D eigenvalue weighted by atomic mass is 10.1. The second kappa shape index (κ2) is 4.87. The fourth-order valence-electron chi connectivity index (χ4n) is 1.83. The van der Waals surface area contributed by atoms with E-state index in [0.717, 1.165) is 17.8 Å². The highest BCUT2D eigenvalue weighted by Crippen LogP contribution is 2.27. The van der Waals surface area contributed by atoms with E-state index in [1.807, 2.05) is 24.9 Å². The predicted octanol–water partition coefficient (Wildman–Crippen LogP) is 0.843. The first-order valence-electron chi connectivity index (χ1n) is 5.33. The van der Waals surface area contributed by atoms with Crippen LogP contribution >= 0.6 is 11.6 Å². The molecule has 0 amide bonds. The molecule has 0 fully saturated rings. The third kappa shape index (κ3) is 2.19. The Morgan fingerprint density at radius 2 is 2.24 bits per heavy atom. The highest BCUT2D eigenvalue weighted by molar-refractivity contribution is 6.31. The lowest BCUT2D eigenvalue weighted by molar-refractivity contribution is 0.543.